The van der Waals surface area contributed by atoms with Gasteiger partial charge in [0.25, 0.3) is 0 Å². The quantitative estimate of drug-likeness (QED) is 0.908. The Bertz CT molecular complexity index is 437. The smallest absolute Gasteiger partial charge is 0.327 e. The van der Waals surface area contributed by atoms with E-state index in [1.807, 2.05) is 6.92 Å². The van der Waals surface area contributed by atoms with Gasteiger partial charge in [0.2, 0.25) is 0 Å². The fourth-order valence-corrected chi connectivity index (χ4v) is 2.57. The summed E-state index contributed by atoms with van der Waals surface area (Å²) in [4.78, 5) is 2.05. The van der Waals surface area contributed by atoms with Crippen molar-refractivity contribution in [2.75, 3.05) is 13.1 Å². The Balaban J connectivity index is 0.00000200. The monoisotopic (exact) mass is 308 g/mol. The Kier molecular flexibility index (Phi) is 5.86. The fourth-order valence-electron chi connectivity index (χ4n) is 2.57. The summed E-state index contributed by atoms with van der Waals surface area (Å²) < 4.78 is 38.7. The molecular weight excluding hydrogens is 289 g/mol. The minimum absolute atomic E-state index is 0. The van der Waals surface area contributed by atoms with E-state index in [1.165, 1.54) is 6.07 Å². The maximum absolute atomic E-state index is 12.9. The van der Waals surface area contributed by atoms with Crippen LogP contribution in [0.4, 0.5) is 13.2 Å². The lowest BCUT2D eigenvalue weighted by molar-refractivity contribution is -0.138. The lowest BCUT2D eigenvalue weighted by atomic mass is 9.94. The van der Waals surface area contributed by atoms with Crippen molar-refractivity contribution in [3.8, 4) is 0 Å². The van der Waals surface area contributed by atoms with E-state index in [-0.39, 0.29) is 18.4 Å². The van der Waals surface area contributed by atoms with Crippen LogP contribution in [0.5, 0.6) is 0 Å². The summed E-state index contributed by atoms with van der Waals surface area (Å²) in [5.41, 5.74) is 5.74. The highest BCUT2D eigenvalue weighted by molar-refractivity contribution is 5.85. The predicted octanol–water partition coefficient (Wildman–Crippen LogP) is 3.30. The van der Waals surface area contributed by atoms with E-state index in [0.717, 1.165) is 25.6 Å². The van der Waals surface area contributed by atoms with Crippen LogP contribution in [0.15, 0.2) is 24.3 Å². The van der Waals surface area contributed by atoms with E-state index < -0.39 is 11.7 Å². The minimum atomic E-state index is -4.28. The highest BCUT2D eigenvalue weighted by atomic mass is 35.5. The Morgan fingerprint density at radius 1 is 1.30 bits per heavy atom. The molecule has 2 unspecified atom stereocenters. The molecule has 0 aromatic heterocycles. The number of halogens is 4. The molecule has 2 N–H and O–H groups in total. The van der Waals surface area contributed by atoms with Crippen LogP contribution in [0.1, 0.15) is 24.5 Å². The highest BCUT2D eigenvalue weighted by Crippen LogP contribution is 2.32. The molecule has 0 amide bonds. The van der Waals surface area contributed by atoms with Gasteiger partial charge in [0.1, 0.15) is 0 Å². The van der Waals surface area contributed by atoms with Crippen molar-refractivity contribution in [3.05, 3.63) is 35.4 Å². The summed E-state index contributed by atoms with van der Waals surface area (Å²) in [6.07, 6.45) is -3.44. The van der Waals surface area contributed by atoms with E-state index >= 15 is 0 Å². The fraction of sp³-hybridized carbons (Fsp3) is 0.571. The Morgan fingerprint density at radius 2 is 1.95 bits per heavy atom. The van der Waals surface area contributed by atoms with Gasteiger partial charge in [-0.05, 0) is 30.5 Å². The number of likely N-dealkylation sites (tertiary alicyclic amines) is 1. The second-order valence-corrected chi connectivity index (χ2v) is 5.32. The van der Waals surface area contributed by atoms with Crippen LogP contribution in [-0.4, -0.2) is 24.0 Å². The largest absolute Gasteiger partial charge is 0.416 e. The first-order valence-corrected chi connectivity index (χ1v) is 6.51. The van der Waals surface area contributed by atoms with Crippen LogP contribution in [0.3, 0.4) is 0 Å². The molecule has 2 rings (SSSR count). The molecule has 0 bridgehead atoms. The first-order valence-electron chi connectivity index (χ1n) is 6.51. The third-order valence-electron chi connectivity index (χ3n) is 3.77. The van der Waals surface area contributed by atoms with Crippen LogP contribution in [-0.2, 0) is 12.7 Å². The second-order valence-electron chi connectivity index (χ2n) is 5.32. The molecule has 0 saturated carbocycles. The topological polar surface area (TPSA) is 29.3 Å². The molecular formula is C14H20ClF3N2. The Morgan fingerprint density at radius 3 is 2.55 bits per heavy atom. The Labute approximate surface area is 123 Å². The number of hydrogen-bond acceptors (Lipinski definition) is 2. The molecule has 0 radical (unpaired) electrons. The third kappa shape index (κ3) is 4.11. The number of alkyl halides is 3. The van der Waals surface area contributed by atoms with Gasteiger partial charge in [-0.3, -0.25) is 4.90 Å². The number of hydrogen-bond donors (Lipinski definition) is 1. The minimum Gasteiger partial charge on any atom is -0.327 e. The zero-order valence-electron chi connectivity index (χ0n) is 11.4. The van der Waals surface area contributed by atoms with Crippen molar-refractivity contribution >= 4 is 12.4 Å². The molecule has 0 spiro atoms. The lowest BCUT2D eigenvalue weighted by Gasteiger charge is -2.35. The van der Waals surface area contributed by atoms with Crippen LogP contribution in [0.2, 0.25) is 0 Å². The lowest BCUT2D eigenvalue weighted by Crippen LogP contribution is -2.45. The van der Waals surface area contributed by atoms with Gasteiger partial charge in [0, 0.05) is 19.1 Å². The number of nitrogens with two attached hydrogens (primary N) is 1. The number of benzene rings is 1. The van der Waals surface area contributed by atoms with Crippen molar-refractivity contribution < 1.29 is 13.2 Å². The van der Waals surface area contributed by atoms with Crippen LogP contribution < -0.4 is 5.73 Å². The normalized spacial score (nSPS) is 24.2. The van der Waals surface area contributed by atoms with Crippen molar-refractivity contribution in [1.29, 1.82) is 0 Å². The average molecular weight is 309 g/mol. The molecule has 1 aliphatic heterocycles. The molecule has 2 atom stereocenters. The Hall–Kier alpha value is -0.780. The summed E-state index contributed by atoms with van der Waals surface area (Å²) >= 11 is 0. The van der Waals surface area contributed by atoms with Crippen molar-refractivity contribution in [3.63, 3.8) is 0 Å². The zero-order chi connectivity index (χ0) is 14.0. The SMILES string of the molecule is CC1CN(Cc2ccccc2C(F)(F)F)CCC1N.Cl. The standard InChI is InChI=1S/C14H19F3N2.ClH/c1-10-8-19(7-6-13(10)18)9-11-4-2-3-5-12(11)14(15,16)17;/h2-5,10,13H,6-9,18H2,1H3;1H. The second kappa shape index (κ2) is 6.78. The van der Waals surface area contributed by atoms with Crippen LogP contribution in [0.25, 0.3) is 0 Å². The average Bonchev–Trinajstić information content (AvgIpc) is 2.33. The van der Waals surface area contributed by atoms with Crippen molar-refractivity contribution in [2.24, 2.45) is 11.7 Å². The van der Waals surface area contributed by atoms with Gasteiger partial charge in [-0.2, -0.15) is 13.2 Å². The highest BCUT2D eigenvalue weighted by Gasteiger charge is 2.33. The van der Waals surface area contributed by atoms with Gasteiger partial charge in [-0.1, -0.05) is 25.1 Å². The third-order valence-corrected chi connectivity index (χ3v) is 3.77. The first kappa shape index (κ1) is 17.3. The van der Waals surface area contributed by atoms with Crippen LogP contribution >= 0.6 is 12.4 Å². The maximum atomic E-state index is 12.9. The van der Waals surface area contributed by atoms with Crippen molar-refractivity contribution in [1.82, 2.24) is 4.90 Å². The molecule has 1 saturated heterocycles. The maximum Gasteiger partial charge on any atom is 0.416 e. The first-order chi connectivity index (χ1) is 8.88. The van der Waals surface area contributed by atoms with Gasteiger partial charge in [-0.25, -0.2) is 0 Å². The summed E-state index contributed by atoms with van der Waals surface area (Å²) in [7, 11) is 0. The van der Waals surface area contributed by atoms with E-state index in [1.54, 1.807) is 12.1 Å². The summed E-state index contributed by atoms with van der Waals surface area (Å²) in [5, 5.41) is 0. The molecule has 1 aromatic carbocycles. The molecule has 1 aliphatic rings. The van der Waals surface area contributed by atoms with E-state index in [2.05, 4.69) is 4.90 Å². The molecule has 20 heavy (non-hydrogen) atoms. The summed E-state index contributed by atoms with van der Waals surface area (Å²) in [5.74, 6) is 0.326. The van der Waals surface area contributed by atoms with E-state index in [9.17, 15) is 13.2 Å². The van der Waals surface area contributed by atoms with Gasteiger partial charge in [-0.15, -0.1) is 12.4 Å². The summed E-state index contributed by atoms with van der Waals surface area (Å²) in [6, 6.07) is 5.95. The van der Waals surface area contributed by atoms with Gasteiger partial charge >= 0.3 is 6.18 Å². The van der Waals surface area contributed by atoms with Crippen LogP contribution in [0, 0.1) is 5.92 Å². The number of rotatable bonds is 2. The molecule has 1 aromatic rings. The summed E-state index contributed by atoms with van der Waals surface area (Å²) in [6.45, 7) is 3.91. The van der Waals surface area contributed by atoms with Gasteiger partial charge in [0.15, 0.2) is 0 Å². The van der Waals surface area contributed by atoms with Gasteiger partial charge in [0.05, 0.1) is 5.56 Å². The number of nitrogens with zero attached hydrogens (tertiary/aromatic N) is 1. The van der Waals surface area contributed by atoms with E-state index in [4.69, 9.17) is 5.73 Å². The number of piperidine rings is 1. The molecule has 6 heteroatoms. The zero-order valence-corrected chi connectivity index (χ0v) is 12.2. The van der Waals surface area contributed by atoms with Gasteiger partial charge < -0.3 is 5.73 Å². The molecule has 0 aliphatic carbocycles. The van der Waals surface area contributed by atoms with E-state index in [0.29, 0.717) is 18.0 Å². The molecule has 2 nitrogen and oxygen atoms in total. The predicted molar refractivity (Wildman–Crippen MR) is 75.7 cm³/mol. The molecule has 1 heterocycles. The molecule has 114 valence electrons. The van der Waals surface area contributed by atoms with Crippen molar-refractivity contribution in [2.45, 2.75) is 32.1 Å². The molecule has 1 fully saturated rings.